The van der Waals surface area contributed by atoms with E-state index in [-0.39, 0.29) is 11.8 Å². The molecule has 0 saturated heterocycles. The van der Waals surface area contributed by atoms with Crippen molar-refractivity contribution in [2.24, 2.45) is 11.8 Å². The predicted octanol–water partition coefficient (Wildman–Crippen LogP) is 2.23. The Labute approximate surface area is 138 Å². The molecule has 0 bridgehead atoms. The van der Waals surface area contributed by atoms with E-state index >= 15 is 0 Å². The Morgan fingerprint density at radius 3 is 2.70 bits per heavy atom. The van der Waals surface area contributed by atoms with Gasteiger partial charge in [-0.05, 0) is 37.0 Å². The number of carbonyl (C=O) groups excluding carboxylic acids is 1. The van der Waals surface area contributed by atoms with Crippen molar-refractivity contribution in [1.29, 1.82) is 0 Å². The van der Waals surface area contributed by atoms with Gasteiger partial charge >= 0.3 is 5.97 Å². The van der Waals surface area contributed by atoms with E-state index in [1.807, 2.05) is 0 Å². The van der Waals surface area contributed by atoms with Gasteiger partial charge in [0.2, 0.25) is 5.91 Å². The van der Waals surface area contributed by atoms with E-state index in [1.54, 1.807) is 12.1 Å². The van der Waals surface area contributed by atoms with Crippen LogP contribution in [0.1, 0.15) is 24.8 Å². The Kier molecular flexibility index (Phi) is 4.61. The molecule has 1 fully saturated rings. The number of benzene rings is 1. The summed E-state index contributed by atoms with van der Waals surface area (Å²) in [4.78, 5) is 23.1. The monoisotopic (exact) mass is 339 g/mol. The zero-order chi connectivity index (χ0) is 16.4. The maximum absolute atomic E-state index is 12.2. The molecule has 1 amide bonds. The summed E-state index contributed by atoms with van der Waals surface area (Å²) in [5.41, 5.74) is 0.820. The van der Waals surface area contributed by atoms with E-state index in [2.05, 4.69) is 5.32 Å². The Morgan fingerprint density at radius 1 is 1.22 bits per heavy atom. The first-order valence-corrected chi connectivity index (χ1v) is 8.01. The number of carboxylic acids is 1. The topological polar surface area (TPSA) is 84.9 Å². The molecule has 2 atom stereocenters. The minimum atomic E-state index is -0.820. The van der Waals surface area contributed by atoms with Gasteiger partial charge in [0.25, 0.3) is 0 Å². The largest absolute Gasteiger partial charge is 0.486 e. The van der Waals surface area contributed by atoms with E-state index in [9.17, 15) is 9.59 Å². The molecule has 1 aliphatic carbocycles. The summed E-state index contributed by atoms with van der Waals surface area (Å²) in [7, 11) is 0. The second-order valence-corrected chi connectivity index (χ2v) is 6.27. The third-order valence-electron chi connectivity index (χ3n) is 4.28. The molecule has 1 heterocycles. The molecular weight excluding hydrogens is 322 g/mol. The maximum atomic E-state index is 12.2. The van der Waals surface area contributed by atoms with Gasteiger partial charge in [-0.25, -0.2) is 0 Å². The van der Waals surface area contributed by atoms with Crippen LogP contribution in [0.15, 0.2) is 12.1 Å². The summed E-state index contributed by atoms with van der Waals surface area (Å²) in [6, 6.07) is 3.54. The van der Waals surface area contributed by atoms with Gasteiger partial charge in [0.05, 0.1) is 10.9 Å². The summed E-state index contributed by atoms with van der Waals surface area (Å²) in [5.74, 6) is -0.454. The third-order valence-corrected chi connectivity index (χ3v) is 4.56. The molecule has 1 aliphatic heterocycles. The lowest BCUT2D eigenvalue weighted by molar-refractivity contribution is -0.141. The lowest BCUT2D eigenvalue weighted by Crippen LogP contribution is -2.29. The van der Waals surface area contributed by atoms with E-state index < -0.39 is 11.9 Å². The second kappa shape index (κ2) is 6.66. The van der Waals surface area contributed by atoms with E-state index in [0.717, 1.165) is 5.56 Å². The molecule has 23 heavy (non-hydrogen) atoms. The summed E-state index contributed by atoms with van der Waals surface area (Å²) >= 11 is 6.16. The number of fused-ring (bicyclic) bond motifs is 1. The summed E-state index contributed by atoms with van der Waals surface area (Å²) in [6.45, 7) is 1.26. The number of carboxylic acid groups (broad SMARTS) is 1. The smallest absolute Gasteiger partial charge is 0.306 e. The SMILES string of the molecule is O=C(O)[C@@H]1CC[C@H](C(=O)NCc2cc(Cl)c3c(c2)OCCO3)C1. The van der Waals surface area contributed by atoms with Crippen molar-refractivity contribution in [3.63, 3.8) is 0 Å². The first kappa shape index (κ1) is 15.9. The van der Waals surface area contributed by atoms with Gasteiger partial charge < -0.3 is 19.9 Å². The molecular formula is C16H18ClNO5. The summed E-state index contributed by atoms with van der Waals surface area (Å²) < 4.78 is 11.0. The fourth-order valence-electron chi connectivity index (χ4n) is 3.04. The Balaban J connectivity index is 1.59. The van der Waals surface area contributed by atoms with Gasteiger partial charge in [0.1, 0.15) is 13.2 Å². The Morgan fingerprint density at radius 2 is 1.96 bits per heavy atom. The van der Waals surface area contributed by atoms with Crippen LogP contribution in [0, 0.1) is 11.8 Å². The molecule has 0 unspecified atom stereocenters. The lowest BCUT2D eigenvalue weighted by Gasteiger charge is -2.20. The number of aliphatic carboxylic acids is 1. The summed E-state index contributed by atoms with van der Waals surface area (Å²) in [6.07, 6.45) is 1.58. The van der Waals surface area contributed by atoms with Crippen LogP contribution < -0.4 is 14.8 Å². The van der Waals surface area contributed by atoms with Crippen molar-refractivity contribution in [2.45, 2.75) is 25.8 Å². The minimum Gasteiger partial charge on any atom is -0.486 e. The van der Waals surface area contributed by atoms with Crippen LogP contribution in [0.25, 0.3) is 0 Å². The molecule has 0 radical (unpaired) electrons. The number of halogens is 1. The highest BCUT2D eigenvalue weighted by Gasteiger charge is 2.33. The maximum Gasteiger partial charge on any atom is 0.306 e. The molecule has 0 aromatic heterocycles. The number of rotatable bonds is 4. The number of ether oxygens (including phenoxy) is 2. The average molecular weight is 340 g/mol. The highest BCUT2D eigenvalue weighted by molar-refractivity contribution is 6.32. The van der Waals surface area contributed by atoms with Crippen LogP contribution >= 0.6 is 11.6 Å². The predicted molar refractivity (Wildman–Crippen MR) is 82.8 cm³/mol. The van der Waals surface area contributed by atoms with Gasteiger partial charge in [-0.15, -0.1) is 0 Å². The van der Waals surface area contributed by atoms with Crippen molar-refractivity contribution in [1.82, 2.24) is 5.32 Å². The van der Waals surface area contributed by atoms with Crippen LogP contribution in [0.4, 0.5) is 0 Å². The van der Waals surface area contributed by atoms with Crippen molar-refractivity contribution >= 4 is 23.5 Å². The van der Waals surface area contributed by atoms with Crippen LogP contribution in [-0.2, 0) is 16.1 Å². The van der Waals surface area contributed by atoms with Gasteiger partial charge in [-0.3, -0.25) is 9.59 Å². The number of amides is 1. The highest BCUT2D eigenvalue weighted by atomic mass is 35.5. The fourth-order valence-corrected chi connectivity index (χ4v) is 3.33. The van der Waals surface area contributed by atoms with Crippen molar-refractivity contribution < 1.29 is 24.2 Å². The molecule has 7 heteroatoms. The van der Waals surface area contributed by atoms with Crippen molar-refractivity contribution in [3.05, 3.63) is 22.7 Å². The van der Waals surface area contributed by atoms with Gasteiger partial charge in [0.15, 0.2) is 11.5 Å². The fraction of sp³-hybridized carbons (Fsp3) is 0.500. The molecule has 124 valence electrons. The Hall–Kier alpha value is -1.95. The molecule has 1 aromatic carbocycles. The first-order valence-electron chi connectivity index (χ1n) is 7.63. The molecule has 6 nitrogen and oxygen atoms in total. The van der Waals surface area contributed by atoms with Crippen LogP contribution in [0.2, 0.25) is 5.02 Å². The number of hydrogen-bond acceptors (Lipinski definition) is 4. The van der Waals surface area contributed by atoms with E-state index in [0.29, 0.717) is 55.5 Å². The number of carbonyl (C=O) groups is 2. The average Bonchev–Trinajstić information content (AvgIpc) is 3.03. The van der Waals surface area contributed by atoms with Gasteiger partial charge in [-0.1, -0.05) is 11.6 Å². The standard InChI is InChI=1S/C16H18ClNO5/c17-12-5-9(6-13-14(12)23-4-3-22-13)8-18-15(19)10-1-2-11(7-10)16(20)21/h5-6,10-11H,1-4,7-8H2,(H,18,19)(H,20,21)/t10-,11+/m0/s1. The molecule has 0 spiro atoms. The van der Waals surface area contributed by atoms with Gasteiger partial charge in [-0.2, -0.15) is 0 Å². The zero-order valence-corrected chi connectivity index (χ0v) is 13.3. The van der Waals surface area contributed by atoms with E-state index in [1.165, 1.54) is 0 Å². The van der Waals surface area contributed by atoms with Gasteiger partial charge in [0, 0.05) is 12.5 Å². The molecule has 2 N–H and O–H groups in total. The molecule has 2 aliphatic rings. The van der Waals surface area contributed by atoms with Crippen LogP contribution in [0.3, 0.4) is 0 Å². The Bertz CT molecular complexity index is 633. The van der Waals surface area contributed by atoms with E-state index in [4.69, 9.17) is 26.2 Å². The lowest BCUT2D eigenvalue weighted by atomic mass is 10.0. The number of hydrogen-bond donors (Lipinski definition) is 2. The molecule has 1 aromatic rings. The molecule has 1 saturated carbocycles. The normalized spacial score (nSPS) is 22.7. The highest BCUT2D eigenvalue weighted by Crippen LogP contribution is 2.38. The van der Waals surface area contributed by atoms with Crippen molar-refractivity contribution in [3.8, 4) is 11.5 Å². The quantitative estimate of drug-likeness (QED) is 0.878. The minimum absolute atomic E-state index is 0.111. The third kappa shape index (κ3) is 3.52. The summed E-state index contributed by atoms with van der Waals surface area (Å²) in [5, 5.41) is 12.3. The van der Waals surface area contributed by atoms with Crippen molar-refractivity contribution in [2.75, 3.05) is 13.2 Å². The number of nitrogens with one attached hydrogen (secondary N) is 1. The van der Waals surface area contributed by atoms with Crippen LogP contribution in [-0.4, -0.2) is 30.2 Å². The van der Waals surface area contributed by atoms with Crippen LogP contribution in [0.5, 0.6) is 11.5 Å². The molecule has 3 rings (SSSR count). The first-order chi connectivity index (χ1) is 11.0. The zero-order valence-electron chi connectivity index (χ0n) is 12.5. The second-order valence-electron chi connectivity index (χ2n) is 5.86.